The molecule has 0 spiro atoms. The largest absolute Gasteiger partial charge is 0.417 e. The van der Waals surface area contributed by atoms with Gasteiger partial charge in [-0.3, -0.25) is 9.59 Å². The van der Waals surface area contributed by atoms with Crippen molar-refractivity contribution in [2.24, 2.45) is 0 Å². The van der Waals surface area contributed by atoms with Crippen LogP contribution in [-0.4, -0.2) is 29.6 Å². The Balaban J connectivity index is 2.16. The van der Waals surface area contributed by atoms with E-state index in [0.29, 0.717) is 23.4 Å². The summed E-state index contributed by atoms with van der Waals surface area (Å²) in [6.45, 7) is 0.864. The van der Waals surface area contributed by atoms with E-state index in [2.05, 4.69) is 10.6 Å². The van der Waals surface area contributed by atoms with Gasteiger partial charge in [0.2, 0.25) is 5.91 Å². The van der Waals surface area contributed by atoms with Crippen LogP contribution in [0.3, 0.4) is 0 Å². The predicted molar refractivity (Wildman–Crippen MR) is 70.1 cm³/mol. The molecule has 2 heterocycles. The highest BCUT2D eigenvalue weighted by molar-refractivity contribution is 6.30. The lowest BCUT2D eigenvalue weighted by atomic mass is 10.2. The van der Waals surface area contributed by atoms with Gasteiger partial charge in [0.25, 0.3) is 5.56 Å². The summed E-state index contributed by atoms with van der Waals surface area (Å²) in [7, 11) is 0. The Kier molecular flexibility index (Phi) is 4.58. The van der Waals surface area contributed by atoms with Gasteiger partial charge in [-0.2, -0.15) is 13.2 Å². The normalized spacial score (nSPS) is 18.8. The van der Waals surface area contributed by atoms with Gasteiger partial charge in [0.15, 0.2) is 0 Å². The molecule has 0 aliphatic carbocycles. The minimum absolute atomic E-state index is 0.0746. The average Bonchev–Trinajstić information content (AvgIpc) is 2.86. The fourth-order valence-corrected chi connectivity index (χ4v) is 2.30. The van der Waals surface area contributed by atoms with E-state index in [-0.39, 0.29) is 6.04 Å². The van der Waals surface area contributed by atoms with E-state index >= 15 is 0 Å². The summed E-state index contributed by atoms with van der Waals surface area (Å²) in [5.74, 6) is -0.527. The number of carbonyl (C=O) groups excluding carboxylic acids is 1. The summed E-state index contributed by atoms with van der Waals surface area (Å²) in [6.07, 6.45) is -3.30. The molecule has 1 aliphatic rings. The van der Waals surface area contributed by atoms with Crippen LogP contribution in [-0.2, 0) is 17.5 Å². The van der Waals surface area contributed by atoms with Crippen molar-refractivity contribution in [3.05, 3.63) is 33.2 Å². The summed E-state index contributed by atoms with van der Waals surface area (Å²) in [6, 6.07) is 0.480. The number of nitrogens with one attached hydrogen (secondary N) is 2. The Hall–Kier alpha value is -1.54. The molecular weight excluding hydrogens is 311 g/mol. The van der Waals surface area contributed by atoms with Gasteiger partial charge in [-0.25, -0.2) is 0 Å². The van der Waals surface area contributed by atoms with Crippen LogP contribution in [0.25, 0.3) is 0 Å². The second kappa shape index (κ2) is 6.07. The van der Waals surface area contributed by atoms with Gasteiger partial charge in [0.1, 0.15) is 11.6 Å². The third-order valence-corrected chi connectivity index (χ3v) is 3.38. The SMILES string of the molecule is O=C(Cn1cc(C(F)(F)F)cc(Cl)c1=O)N[C@@H]1CCNC1. The Morgan fingerprint density at radius 3 is 2.81 bits per heavy atom. The molecule has 1 saturated heterocycles. The molecule has 2 N–H and O–H groups in total. The number of aromatic nitrogens is 1. The number of hydrogen-bond donors (Lipinski definition) is 2. The fourth-order valence-electron chi connectivity index (χ4n) is 2.08. The molecule has 2 rings (SSSR count). The van der Waals surface area contributed by atoms with Crippen LogP contribution in [0, 0.1) is 0 Å². The number of amides is 1. The smallest absolute Gasteiger partial charge is 0.350 e. The second-order valence-corrected chi connectivity index (χ2v) is 5.17. The quantitative estimate of drug-likeness (QED) is 0.872. The maximum atomic E-state index is 12.7. The van der Waals surface area contributed by atoms with E-state index in [0.717, 1.165) is 13.0 Å². The van der Waals surface area contributed by atoms with Gasteiger partial charge < -0.3 is 15.2 Å². The first-order chi connectivity index (χ1) is 9.77. The first-order valence-corrected chi connectivity index (χ1v) is 6.62. The van der Waals surface area contributed by atoms with Crippen molar-refractivity contribution >= 4 is 17.5 Å². The zero-order chi connectivity index (χ0) is 15.6. The molecule has 0 saturated carbocycles. The molecule has 5 nitrogen and oxygen atoms in total. The first-order valence-electron chi connectivity index (χ1n) is 6.24. The number of pyridine rings is 1. The topological polar surface area (TPSA) is 63.1 Å². The molecule has 9 heteroatoms. The lowest BCUT2D eigenvalue weighted by Crippen LogP contribution is -2.40. The van der Waals surface area contributed by atoms with Crippen molar-refractivity contribution in [1.82, 2.24) is 15.2 Å². The van der Waals surface area contributed by atoms with Crippen LogP contribution in [0.1, 0.15) is 12.0 Å². The van der Waals surface area contributed by atoms with Gasteiger partial charge in [-0.1, -0.05) is 11.6 Å². The Bertz CT molecular complexity index is 594. The highest BCUT2D eigenvalue weighted by Gasteiger charge is 2.32. The maximum absolute atomic E-state index is 12.7. The van der Waals surface area contributed by atoms with Crippen molar-refractivity contribution in [2.75, 3.05) is 13.1 Å². The monoisotopic (exact) mass is 323 g/mol. The lowest BCUT2D eigenvalue weighted by Gasteiger charge is -2.14. The highest BCUT2D eigenvalue weighted by Crippen LogP contribution is 2.29. The molecule has 1 amide bonds. The first kappa shape index (κ1) is 15.8. The second-order valence-electron chi connectivity index (χ2n) is 4.76. The zero-order valence-electron chi connectivity index (χ0n) is 10.8. The average molecular weight is 324 g/mol. The summed E-state index contributed by atoms with van der Waals surface area (Å²) < 4.78 is 38.7. The Morgan fingerprint density at radius 2 is 2.24 bits per heavy atom. The van der Waals surface area contributed by atoms with Crippen molar-refractivity contribution < 1.29 is 18.0 Å². The van der Waals surface area contributed by atoms with Crippen LogP contribution >= 0.6 is 11.6 Å². The van der Waals surface area contributed by atoms with Crippen molar-refractivity contribution in [3.63, 3.8) is 0 Å². The summed E-state index contributed by atoms with van der Waals surface area (Å²) in [5, 5.41) is 5.12. The van der Waals surface area contributed by atoms with Crippen LogP contribution in [0.15, 0.2) is 17.1 Å². The minimum Gasteiger partial charge on any atom is -0.350 e. The van der Waals surface area contributed by atoms with E-state index in [1.807, 2.05) is 0 Å². The van der Waals surface area contributed by atoms with Crippen LogP contribution < -0.4 is 16.2 Å². The molecule has 116 valence electrons. The maximum Gasteiger partial charge on any atom is 0.417 e. The number of rotatable bonds is 3. The number of hydrogen-bond acceptors (Lipinski definition) is 3. The molecule has 1 aromatic rings. The molecule has 1 aromatic heterocycles. The molecule has 0 unspecified atom stereocenters. The number of halogens is 4. The molecule has 21 heavy (non-hydrogen) atoms. The molecule has 0 aromatic carbocycles. The van der Waals surface area contributed by atoms with Crippen molar-refractivity contribution in [3.8, 4) is 0 Å². The number of alkyl halides is 3. The van der Waals surface area contributed by atoms with Crippen molar-refractivity contribution in [2.45, 2.75) is 25.2 Å². The molecule has 0 bridgehead atoms. The van der Waals surface area contributed by atoms with Gasteiger partial charge in [-0.05, 0) is 19.0 Å². The van der Waals surface area contributed by atoms with E-state index < -0.39 is 34.8 Å². The summed E-state index contributed by atoms with van der Waals surface area (Å²) >= 11 is 5.50. The van der Waals surface area contributed by atoms with Gasteiger partial charge in [-0.15, -0.1) is 0 Å². The van der Waals surface area contributed by atoms with Gasteiger partial charge in [0, 0.05) is 18.8 Å². The number of carbonyl (C=O) groups is 1. The molecular formula is C12H13ClF3N3O2. The van der Waals surface area contributed by atoms with E-state index in [1.54, 1.807) is 0 Å². The predicted octanol–water partition coefficient (Wildman–Crippen LogP) is 0.999. The highest BCUT2D eigenvalue weighted by atomic mass is 35.5. The number of nitrogens with zero attached hydrogens (tertiary/aromatic N) is 1. The van der Waals surface area contributed by atoms with Crippen LogP contribution in [0.5, 0.6) is 0 Å². The van der Waals surface area contributed by atoms with E-state index in [1.165, 1.54) is 0 Å². The van der Waals surface area contributed by atoms with Crippen LogP contribution in [0.4, 0.5) is 13.2 Å². The third-order valence-electron chi connectivity index (χ3n) is 3.11. The van der Waals surface area contributed by atoms with Crippen molar-refractivity contribution in [1.29, 1.82) is 0 Å². The molecule has 0 radical (unpaired) electrons. The molecule has 1 atom stereocenters. The fraction of sp³-hybridized carbons (Fsp3) is 0.500. The van der Waals surface area contributed by atoms with Gasteiger partial charge in [0.05, 0.1) is 5.56 Å². The lowest BCUT2D eigenvalue weighted by molar-refractivity contribution is -0.138. The third kappa shape index (κ3) is 3.98. The molecule has 1 fully saturated rings. The molecule has 1 aliphatic heterocycles. The minimum atomic E-state index is -4.63. The standard InChI is InChI=1S/C12H13ClF3N3O2/c13-9-3-7(12(14,15)16)5-19(11(9)21)6-10(20)18-8-1-2-17-4-8/h3,5,8,17H,1-2,4,6H2,(H,18,20)/t8-/m1/s1. The zero-order valence-corrected chi connectivity index (χ0v) is 11.6. The van der Waals surface area contributed by atoms with Crippen LogP contribution in [0.2, 0.25) is 5.02 Å². The van der Waals surface area contributed by atoms with E-state index in [9.17, 15) is 22.8 Å². The summed E-state index contributed by atoms with van der Waals surface area (Å²) in [4.78, 5) is 23.5. The van der Waals surface area contributed by atoms with E-state index in [4.69, 9.17) is 11.6 Å². The van der Waals surface area contributed by atoms with Gasteiger partial charge >= 0.3 is 6.18 Å². The summed E-state index contributed by atoms with van der Waals surface area (Å²) in [5.41, 5.74) is -1.90. The Labute approximate surface area is 123 Å². The Morgan fingerprint density at radius 1 is 1.52 bits per heavy atom.